The number of methoxy groups -OCH3 is 1. The number of carbonyl (C=O) groups is 2. The van der Waals surface area contributed by atoms with Gasteiger partial charge in [0.25, 0.3) is 5.91 Å². The second-order valence-corrected chi connectivity index (χ2v) is 6.59. The van der Waals surface area contributed by atoms with E-state index in [4.69, 9.17) is 4.74 Å². The molecule has 2 N–H and O–H groups in total. The molecule has 1 atom stereocenters. The molecule has 0 aliphatic rings. The zero-order valence-corrected chi connectivity index (χ0v) is 15.4. The highest BCUT2D eigenvalue weighted by molar-refractivity contribution is 7.12. The van der Waals surface area contributed by atoms with Crippen molar-refractivity contribution in [2.75, 3.05) is 13.7 Å². The summed E-state index contributed by atoms with van der Waals surface area (Å²) in [5, 5.41) is 7.74. The Morgan fingerprint density at radius 2 is 1.96 bits per heavy atom. The number of ether oxygens (including phenoxy) is 1. The number of hydrogen-bond donors (Lipinski definition) is 2. The molecule has 1 heterocycles. The minimum atomic E-state index is -0.0833. The Hall–Kier alpha value is -2.34. The Morgan fingerprint density at radius 1 is 1.20 bits per heavy atom. The second kappa shape index (κ2) is 9.84. The van der Waals surface area contributed by atoms with Crippen LogP contribution in [0.25, 0.3) is 0 Å². The summed E-state index contributed by atoms with van der Waals surface area (Å²) < 4.78 is 5.15. The Bertz CT molecular complexity index is 668. The lowest BCUT2D eigenvalue weighted by Crippen LogP contribution is -2.29. The Balaban J connectivity index is 1.73. The lowest BCUT2D eigenvalue weighted by atomic mass is 10.0. The van der Waals surface area contributed by atoms with Gasteiger partial charge in [-0.25, -0.2) is 0 Å². The molecule has 1 aromatic carbocycles. The average molecular weight is 360 g/mol. The van der Waals surface area contributed by atoms with Gasteiger partial charge in [0, 0.05) is 13.0 Å². The van der Waals surface area contributed by atoms with Crippen LogP contribution in [-0.2, 0) is 4.79 Å². The van der Waals surface area contributed by atoms with Gasteiger partial charge in [-0.3, -0.25) is 9.59 Å². The molecule has 1 aromatic heterocycles. The summed E-state index contributed by atoms with van der Waals surface area (Å²) in [5.41, 5.74) is 1.06. The van der Waals surface area contributed by atoms with Crippen LogP contribution in [0.2, 0.25) is 0 Å². The minimum Gasteiger partial charge on any atom is -0.497 e. The van der Waals surface area contributed by atoms with Crippen LogP contribution >= 0.6 is 11.3 Å². The molecule has 5 nitrogen and oxygen atoms in total. The molecule has 134 valence electrons. The summed E-state index contributed by atoms with van der Waals surface area (Å²) >= 11 is 1.41. The third-order valence-electron chi connectivity index (χ3n) is 3.87. The van der Waals surface area contributed by atoms with Crippen LogP contribution in [0.4, 0.5) is 0 Å². The van der Waals surface area contributed by atoms with Crippen LogP contribution in [0.5, 0.6) is 5.75 Å². The molecular formula is C19H24N2O3S. The zero-order valence-electron chi connectivity index (χ0n) is 14.6. The van der Waals surface area contributed by atoms with Crippen LogP contribution in [0, 0.1) is 0 Å². The van der Waals surface area contributed by atoms with Crippen molar-refractivity contribution in [1.29, 1.82) is 0 Å². The molecule has 0 fully saturated rings. The molecule has 6 heteroatoms. The molecule has 2 aromatic rings. The minimum absolute atomic E-state index is 0.00644. The quantitative estimate of drug-likeness (QED) is 0.672. The average Bonchev–Trinajstić information content (AvgIpc) is 3.18. The van der Waals surface area contributed by atoms with E-state index in [-0.39, 0.29) is 17.9 Å². The van der Waals surface area contributed by atoms with Crippen molar-refractivity contribution >= 4 is 23.2 Å². The molecular weight excluding hydrogens is 336 g/mol. The zero-order chi connectivity index (χ0) is 18.1. The van der Waals surface area contributed by atoms with Crippen molar-refractivity contribution in [1.82, 2.24) is 10.6 Å². The fourth-order valence-corrected chi connectivity index (χ4v) is 3.11. The molecule has 0 unspecified atom stereocenters. The van der Waals surface area contributed by atoms with Gasteiger partial charge in [0.1, 0.15) is 5.75 Å². The second-order valence-electron chi connectivity index (χ2n) is 5.64. The van der Waals surface area contributed by atoms with Gasteiger partial charge < -0.3 is 15.4 Å². The summed E-state index contributed by atoms with van der Waals surface area (Å²) in [7, 11) is 1.63. The fraction of sp³-hybridized carbons (Fsp3) is 0.368. The van der Waals surface area contributed by atoms with Crippen LogP contribution < -0.4 is 15.4 Å². The predicted molar refractivity (Wildman–Crippen MR) is 100 cm³/mol. The van der Waals surface area contributed by atoms with Gasteiger partial charge in [0.2, 0.25) is 5.91 Å². The molecule has 2 amide bonds. The van der Waals surface area contributed by atoms with Crippen molar-refractivity contribution in [3.63, 3.8) is 0 Å². The van der Waals surface area contributed by atoms with Gasteiger partial charge in [-0.15, -0.1) is 11.3 Å². The van der Waals surface area contributed by atoms with Gasteiger partial charge in [-0.1, -0.05) is 25.1 Å². The largest absolute Gasteiger partial charge is 0.497 e. The van der Waals surface area contributed by atoms with Gasteiger partial charge in [-0.05, 0) is 42.0 Å². The van der Waals surface area contributed by atoms with E-state index in [1.165, 1.54) is 11.3 Å². The summed E-state index contributed by atoms with van der Waals surface area (Å²) in [4.78, 5) is 24.6. The van der Waals surface area contributed by atoms with E-state index in [2.05, 4.69) is 10.6 Å². The lowest BCUT2D eigenvalue weighted by molar-refractivity contribution is -0.122. The van der Waals surface area contributed by atoms with E-state index in [1.54, 1.807) is 13.2 Å². The standard InChI is InChI=1S/C19H24N2O3S/c1-3-16(14-8-10-15(24-2)11-9-14)21-18(22)7-4-12-20-19(23)17-6-5-13-25-17/h5-6,8-11,13,16H,3-4,7,12H2,1-2H3,(H,20,23)(H,21,22)/t16-/m1/s1. The Kier molecular flexibility index (Phi) is 7.47. The maximum absolute atomic E-state index is 12.1. The van der Waals surface area contributed by atoms with Gasteiger partial charge in [-0.2, -0.15) is 0 Å². The lowest BCUT2D eigenvalue weighted by Gasteiger charge is -2.18. The third kappa shape index (κ3) is 5.90. The summed E-state index contributed by atoms with van der Waals surface area (Å²) in [5.74, 6) is 0.708. The highest BCUT2D eigenvalue weighted by atomic mass is 32.1. The molecule has 2 rings (SSSR count). The van der Waals surface area contributed by atoms with E-state index < -0.39 is 0 Å². The fourth-order valence-electron chi connectivity index (χ4n) is 2.47. The number of thiophene rings is 1. The van der Waals surface area contributed by atoms with Gasteiger partial charge >= 0.3 is 0 Å². The molecule has 0 aliphatic carbocycles. The Labute approximate surface area is 152 Å². The number of carbonyl (C=O) groups excluding carboxylic acids is 2. The predicted octanol–water partition coefficient (Wildman–Crippen LogP) is 3.53. The summed E-state index contributed by atoms with van der Waals surface area (Å²) in [6.45, 7) is 2.53. The van der Waals surface area contributed by atoms with Crippen LogP contribution in [0.15, 0.2) is 41.8 Å². The number of amides is 2. The Morgan fingerprint density at radius 3 is 2.56 bits per heavy atom. The first kappa shape index (κ1) is 19.0. The number of rotatable bonds is 9. The first-order valence-electron chi connectivity index (χ1n) is 8.39. The first-order valence-corrected chi connectivity index (χ1v) is 9.27. The van der Waals surface area contributed by atoms with Crippen molar-refractivity contribution in [3.8, 4) is 5.75 Å². The van der Waals surface area contributed by atoms with E-state index in [1.807, 2.05) is 42.6 Å². The maximum Gasteiger partial charge on any atom is 0.261 e. The van der Waals surface area contributed by atoms with Crippen LogP contribution in [0.3, 0.4) is 0 Å². The van der Waals surface area contributed by atoms with E-state index in [9.17, 15) is 9.59 Å². The molecule has 0 bridgehead atoms. The number of nitrogens with one attached hydrogen (secondary N) is 2. The highest BCUT2D eigenvalue weighted by Crippen LogP contribution is 2.20. The van der Waals surface area contributed by atoms with Crippen molar-refractivity contribution in [3.05, 3.63) is 52.2 Å². The monoisotopic (exact) mass is 360 g/mol. The number of benzene rings is 1. The van der Waals surface area contributed by atoms with Crippen LogP contribution in [0.1, 0.15) is 47.5 Å². The molecule has 0 aliphatic heterocycles. The van der Waals surface area contributed by atoms with Crippen molar-refractivity contribution in [2.45, 2.75) is 32.2 Å². The molecule has 0 spiro atoms. The first-order chi connectivity index (χ1) is 12.1. The number of hydrogen-bond acceptors (Lipinski definition) is 4. The van der Waals surface area contributed by atoms with E-state index >= 15 is 0 Å². The van der Waals surface area contributed by atoms with Crippen molar-refractivity contribution in [2.24, 2.45) is 0 Å². The highest BCUT2D eigenvalue weighted by Gasteiger charge is 2.13. The molecule has 0 radical (unpaired) electrons. The van der Waals surface area contributed by atoms with E-state index in [0.29, 0.717) is 24.3 Å². The summed E-state index contributed by atoms with van der Waals surface area (Å²) in [6.07, 6.45) is 1.81. The SMILES string of the molecule is CC[C@@H](NC(=O)CCCNC(=O)c1cccs1)c1ccc(OC)cc1. The van der Waals surface area contributed by atoms with Crippen molar-refractivity contribution < 1.29 is 14.3 Å². The normalized spacial score (nSPS) is 11.6. The van der Waals surface area contributed by atoms with E-state index in [0.717, 1.165) is 17.7 Å². The topological polar surface area (TPSA) is 67.4 Å². The molecule has 0 saturated carbocycles. The maximum atomic E-state index is 12.1. The molecule has 25 heavy (non-hydrogen) atoms. The smallest absolute Gasteiger partial charge is 0.261 e. The van der Waals surface area contributed by atoms with Gasteiger partial charge in [0.15, 0.2) is 0 Å². The van der Waals surface area contributed by atoms with Gasteiger partial charge in [0.05, 0.1) is 18.0 Å². The summed E-state index contributed by atoms with van der Waals surface area (Å²) in [6, 6.07) is 11.3. The van der Waals surface area contributed by atoms with Crippen LogP contribution in [-0.4, -0.2) is 25.5 Å². The molecule has 0 saturated heterocycles. The third-order valence-corrected chi connectivity index (χ3v) is 4.74.